The van der Waals surface area contributed by atoms with Crippen molar-refractivity contribution in [2.45, 2.75) is 69.5 Å². The molecule has 0 aromatic heterocycles. The van der Waals surface area contributed by atoms with Crippen molar-refractivity contribution >= 4 is 29.5 Å². The highest BCUT2D eigenvalue weighted by atomic mass is 32.2. The fourth-order valence-electron chi connectivity index (χ4n) is 4.60. The van der Waals surface area contributed by atoms with Crippen LogP contribution in [0.2, 0.25) is 0 Å². The number of nitrogens with zero attached hydrogens (tertiary/aromatic N) is 1. The third-order valence-electron chi connectivity index (χ3n) is 7.00. The number of thioether (sulfide) groups is 1. The first-order chi connectivity index (χ1) is 17.2. The fraction of sp³-hybridized carbons (Fsp3) is 0.464. The van der Waals surface area contributed by atoms with Gasteiger partial charge in [0.1, 0.15) is 6.04 Å². The molecule has 1 aliphatic carbocycles. The molecule has 2 aliphatic rings. The number of rotatable bonds is 9. The average molecular weight is 510 g/mol. The number of aliphatic hydroxyl groups excluding tert-OH is 1. The number of hydrogen-bond donors (Lipinski definition) is 3. The maximum absolute atomic E-state index is 13.6. The van der Waals surface area contributed by atoms with Crippen molar-refractivity contribution in [1.82, 2.24) is 15.5 Å². The highest BCUT2D eigenvalue weighted by molar-refractivity contribution is 8.00. The molecule has 0 bridgehead atoms. The number of aliphatic hydroxyl groups is 1. The first-order valence-electron chi connectivity index (χ1n) is 12.5. The second-order valence-electron chi connectivity index (χ2n) is 10.3. The molecule has 1 saturated carbocycles. The van der Waals surface area contributed by atoms with E-state index in [9.17, 15) is 19.5 Å². The van der Waals surface area contributed by atoms with E-state index >= 15 is 0 Å². The van der Waals surface area contributed by atoms with Crippen molar-refractivity contribution in [3.8, 4) is 0 Å². The highest BCUT2D eigenvalue weighted by Gasteiger charge is 2.50. The lowest BCUT2D eigenvalue weighted by molar-refractivity contribution is -0.147. The van der Waals surface area contributed by atoms with E-state index in [-0.39, 0.29) is 17.7 Å². The van der Waals surface area contributed by atoms with Gasteiger partial charge in [-0.3, -0.25) is 14.4 Å². The number of benzene rings is 2. The number of nitrogens with one attached hydrogen (secondary N) is 2. The standard InChI is InChI=1S/C28H35N3O4S/c1-18-9-7-8-12-21(18)16-29-26(34)24-28(2,3)36-17-31(24)27(35)23(32)22(30-25(33)20-13-14-20)15-19-10-5-4-6-11-19/h4-12,20,22-24,32H,13-17H2,1-3H3,(H,29,34)(H,30,33)/t22-,23-,24-/m0/s1. The topological polar surface area (TPSA) is 98.7 Å². The Balaban J connectivity index is 1.49. The molecule has 3 atom stereocenters. The number of carbonyl (C=O) groups excluding carboxylic acids is 3. The van der Waals surface area contributed by atoms with Crippen LogP contribution in [0, 0.1) is 12.8 Å². The summed E-state index contributed by atoms with van der Waals surface area (Å²) in [6, 6.07) is 15.8. The van der Waals surface area contributed by atoms with Crippen LogP contribution in [0.15, 0.2) is 54.6 Å². The Morgan fingerprint density at radius 1 is 1.06 bits per heavy atom. The summed E-state index contributed by atoms with van der Waals surface area (Å²) >= 11 is 1.50. The molecule has 7 nitrogen and oxygen atoms in total. The van der Waals surface area contributed by atoms with Crippen LogP contribution in [-0.4, -0.2) is 56.5 Å². The maximum atomic E-state index is 13.6. The molecule has 0 spiro atoms. The lowest BCUT2D eigenvalue weighted by atomic mass is 9.97. The van der Waals surface area contributed by atoms with Crippen LogP contribution < -0.4 is 10.6 Å². The van der Waals surface area contributed by atoms with Crippen LogP contribution in [0.3, 0.4) is 0 Å². The van der Waals surface area contributed by atoms with Gasteiger partial charge in [0.25, 0.3) is 5.91 Å². The number of amides is 3. The van der Waals surface area contributed by atoms with Gasteiger partial charge in [-0.05, 0) is 56.7 Å². The first kappa shape index (κ1) is 26.2. The minimum absolute atomic E-state index is 0.0492. The minimum atomic E-state index is -1.46. The van der Waals surface area contributed by atoms with Gasteiger partial charge in [0.15, 0.2) is 6.10 Å². The number of hydrogen-bond acceptors (Lipinski definition) is 5. The van der Waals surface area contributed by atoms with E-state index in [1.165, 1.54) is 16.7 Å². The van der Waals surface area contributed by atoms with Gasteiger partial charge in [-0.1, -0.05) is 54.6 Å². The summed E-state index contributed by atoms with van der Waals surface area (Å²) < 4.78 is -0.530. The Labute approximate surface area is 217 Å². The molecule has 3 amide bonds. The summed E-state index contributed by atoms with van der Waals surface area (Å²) in [6.07, 6.45) is 0.511. The van der Waals surface area contributed by atoms with E-state index < -0.39 is 28.8 Å². The van der Waals surface area contributed by atoms with Gasteiger partial charge in [0.2, 0.25) is 11.8 Å². The number of aryl methyl sites for hydroxylation is 1. The summed E-state index contributed by atoms with van der Waals surface area (Å²) in [4.78, 5) is 41.0. The van der Waals surface area contributed by atoms with Crippen LogP contribution in [-0.2, 0) is 27.3 Å². The molecular formula is C28H35N3O4S. The molecule has 192 valence electrons. The molecule has 1 saturated heterocycles. The van der Waals surface area contributed by atoms with E-state index in [4.69, 9.17) is 0 Å². The lowest BCUT2D eigenvalue weighted by Crippen LogP contribution is -2.58. The molecule has 0 unspecified atom stereocenters. The summed E-state index contributed by atoms with van der Waals surface area (Å²) in [7, 11) is 0. The van der Waals surface area contributed by atoms with E-state index in [1.807, 2.05) is 75.4 Å². The zero-order chi connectivity index (χ0) is 25.9. The molecule has 0 radical (unpaired) electrons. The van der Waals surface area contributed by atoms with Gasteiger partial charge < -0.3 is 20.6 Å². The average Bonchev–Trinajstić information content (AvgIpc) is 3.66. The predicted molar refractivity (Wildman–Crippen MR) is 141 cm³/mol. The zero-order valence-corrected chi connectivity index (χ0v) is 21.9. The van der Waals surface area contributed by atoms with Crippen LogP contribution in [0.1, 0.15) is 43.4 Å². The van der Waals surface area contributed by atoms with Crippen molar-refractivity contribution in [2.24, 2.45) is 5.92 Å². The molecule has 2 aromatic rings. The SMILES string of the molecule is Cc1ccccc1CNC(=O)[C@@H]1N(C(=O)[C@@H](O)[C@H](Cc2ccccc2)NC(=O)C2CC2)CSC1(C)C. The van der Waals surface area contributed by atoms with Crippen LogP contribution in [0.4, 0.5) is 0 Å². The monoisotopic (exact) mass is 509 g/mol. The van der Waals surface area contributed by atoms with Gasteiger partial charge in [0, 0.05) is 17.2 Å². The summed E-state index contributed by atoms with van der Waals surface area (Å²) in [5, 5.41) is 17.1. The van der Waals surface area contributed by atoms with E-state index in [2.05, 4.69) is 10.6 Å². The van der Waals surface area contributed by atoms with Gasteiger partial charge >= 0.3 is 0 Å². The summed E-state index contributed by atoms with van der Waals surface area (Å²) in [5.74, 6) is -0.685. The molecule has 1 heterocycles. The normalized spacial score (nSPS) is 20.4. The Morgan fingerprint density at radius 3 is 2.39 bits per heavy atom. The van der Waals surface area contributed by atoms with Gasteiger partial charge in [-0.2, -0.15) is 0 Å². The van der Waals surface area contributed by atoms with Gasteiger partial charge in [0.05, 0.1) is 11.9 Å². The zero-order valence-electron chi connectivity index (χ0n) is 21.1. The minimum Gasteiger partial charge on any atom is -0.381 e. The molecular weight excluding hydrogens is 474 g/mol. The molecule has 3 N–H and O–H groups in total. The second-order valence-corrected chi connectivity index (χ2v) is 11.9. The first-order valence-corrected chi connectivity index (χ1v) is 13.4. The molecule has 2 fully saturated rings. The maximum Gasteiger partial charge on any atom is 0.254 e. The van der Waals surface area contributed by atoms with Gasteiger partial charge in [-0.25, -0.2) is 0 Å². The molecule has 2 aromatic carbocycles. The van der Waals surface area contributed by atoms with Crippen LogP contribution >= 0.6 is 11.8 Å². The van der Waals surface area contributed by atoms with Crippen molar-refractivity contribution < 1.29 is 19.5 Å². The quantitative estimate of drug-likeness (QED) is 0.483. The lowest BCUT2D eigenvalue weighted by Gasteiger charge is -2.33. The largest absolute Gasteiger partial charge is 0.381 e. The third-order valence-corrected chi connectivity index (χ3v) is 8.37. The Bertz CT molecular complexity index is 1100. The molecule has 1 aliphatic heterocycles. The Morgan fingerprint density at radius 2 is 1.72 bits per heavy atom. The van der Waals surface area contributed by atoms with Crippen LogP contribution in [0.25, 0.3) is 0 Å². The van der Waals surface area contributed by atoms with Crippen molar-refractivity contribution in [3.63, 3.8) is 0 Å². The van der Waals surface area contributed by atoms with Crippen molar-refractivity contribution in [3.05, 3.63) is 71.3 Å². The fourth-order valence-corrected chi connectivity index (χ4v) is 5.74. The highest BCUT2D eigenvalue weighted by Crippen LogP contribution is 2.40. The van der Waals surface area contributed by atoms with E-state index in [1.54, 1.807) is 0 Å². The Kier molecular flexibility index (Phi) is 8.05. The predicted octanol–water partition coefficient (Wildman–Crippen LogP) is 2.79. The van der Waals surface area contributed by atoms with E-state index in [0.717, 1.165) is 29.5 Å². The summed E-state index contributed by atoms with van der Waals surface area (Å²) in [5.41, 5.74) is 3.00. The molecule has 4 rings (SSSR count). The van der Waals surface area contributed by atoms with Crippen molar-refractivity contribution in [1.29, 1.82) is 0 Å². The van der Waals surface area contributed by atoms with Crippen LogP contribution in [0.5, 0.6) is 0 Å². The van der Waals surface area contributed by atoms with Gasteiger partial charge in [-0.15, -0.1) is 11.8 Å². The molecule has 8 heteroatoms. The number of carbonyl (C=O) groups is 3. The van der Waals surface area contributed by atoms with E-state index in [0.29, 0.717) is 18.8 Å². The third kappa shape index (κ3) is 6.10. The molecule has 36 heavy (non-hydrogen) atoms. The van der Waals surface area contributed by atoms with Crippen molar-refractivity contribution in [2.75, 3.05) is 5.88 Å². The summed E-state index contributed by atoms with van der Waals surface area (Å²) in [6.45, 7) is 6.23. The Hall–Kier alpha value is -2.84. The smallest absolute Gasteiger partial charge is 0.254 e. The second kappa shape index (κ2) is 11.0.